The first kappa shape index (κ1) is 21.3. The molecule has 3 atom stereocenters. The first-order valence-corrected chi connectivity index (χ1v) is 8.36. The van der Waals surface area contributed by atoms with E-state index in [-0.39, 0.29) is 41.8 Å². The molecule has 3 rings (SSSR count). The van der Waals surface area contributed by atoms with Crippen LogP contribution in [0.4, 0.5) is 11.4 Å². The van der Waals surface area contributed by atoms with Gasteiger partial charge in [0.1, 0.15) is 0 Å². The Bertz CT molecular complexity index is 886. The van der Waals surface area contributed by atoms with E-state index in [1.807, 2.05) is 6.92 Å². The van der Waals surface area contributed by atoms with E-state index < -0.39 is 9.85 Å². The van der Waals surface area contributed by atoms with E-state index in [9.17, 15) is 25.4 Å². The standard InChI is InChI=1S/C18H18N4O5.ClH/c1-11-16(20-23)10-17(12-2-6-14(7-3-12)21(24)25)19-18(11)13-4-8-15(9-5-13)22(26)27;/h2-9,11,17-19,23H,10H2,1H3;1H/b20-16-;. The summed E-state index contributed by atoms with van der Waals surface area (Å²) in [6, 6.07) is 12.0. The quantitative estimate of drug-likeness (QED) is 0.445. The highest BCUT2D eigenvalue weighted by Gasteiger charge is 2.34. The maximum atomic E-state index is 10.9. The molecular weight excluding hydrogens is 388 g/mol. The maximum Gasteiger partial charge on any atom is 0.269 e. The molecule has 2 aromatic carbocycles. The number of piperidine rings is 1. The first-order chi connectivity index (χ1) is 12.9. The summed E-state index contributed by atoms with van der Waals surface area (Å²) in [7, 11) is 0. The fourth-order valence-corrected chi connectivity index (χ4v) is 3.37. The highest BCUT2D eigenvalue weighted by Crippen LogP contribution is 2.36. The Kier molecular flexibility index (Phi) is 6.66. The smallest absolute Gasteiger partial charge is 0.269 e. The van der Waals surface area contributed by atoms with Gasteiger partial charge in [-0.1, -0.05) is 36.3 Å². The highest BCUT2D eigenvalue weighted by atomic mass is 35.5. The zero-order chi connectivity index (χ0) is 19.6. The Morgan fingerprint density at radius 2 is 1.43 bits per heavy atom. The van der Waals surface area contributed by atoms with Gasteiger partial charge in [0.15, 0.2) is 0 Å². The van der Waals surface area contributed by atoms with Crippen LogP contribution in [0.5, 0.6) is 0 Å². The first-order valence-electron chi connectivity index (χ1n) is 8.36. The van der Waals surface area contributed by atoms with Gasteiger partial charge in [-0.25, -0.2) is 0 Å². The third-order valence-corrected chi connectivity index (χ3v) is 4.92. The van der Waals surface area contributed by atoms with Crippen LogP contribution in [0.25, 0.3) is 0 Å². The summed E-state index contributed by atoms with van der Waals surface area (Å²) in [4.78, 5) is 20.8. The van der Waals surface area contributed by atoms with Crippen LogP contribution in [-0.2, 0) is 0 Å². The van der Waals surface area contributed by atoms with Crippen molar-refractivity contribution >= 4 is 29.5 Å². The summed E-state index contributed by atoms with van der Waals surface area (Å²) in [5.41, 5.74) is 2.28. The molecule has 0 amide bonds. The van der Waals surface area contributed by atoms with Crippen LogP contribution in [0.2, 0.25) is 0 Å². The second-order valence-electron chi connectivity index (χ2n) is 6.48. The normalized spacial score (nSPS) is 23.0. The van der Waals surface area contributed by atoms with Crippen LogP contribution in [-0.4, -0.2) is 20.8 Å². The zero-order valence-electron chi connectivity index (χ0n) is 14.9. The second kappa shape index (κ2) is 8.77. The van der Waals surface area contributed by atoms with Crippen molar-refractivity contribution in [3.63, 3.8) is 0 Å². The zero-order valence-corrected chi connectivity index (χ0v) is 15.7. The van der Waals surface area contributed by atoms with Crippen molar-refractivity contribution in [3.8, 4) is 0 Å². The average Bonchev–Trinajstić information content (AvgIpc) is 2.68. The summed E-state index contributed by atoms with van der Waals surface area (Å²) in [5.74, 6) is -0.120. The van der Waals surface area contributed by atoms with Gasteiger partial charge < -0.3 is 10.5 Å². The molecule has 0 spiro atoms. The lowest BCUT2D eigenvalue weighted by atomic mass is 9.81. The number of benzene rings is 2. The average molecular weight is 407 g/mol. The van der Waals surface area contributed by atoms with Crippen LogP contribution in [0.1, 0.15) is 36.6 Å². The molecule has 1 aliphatic rings. The van der Waals surface area contributed by atoms with Gasteiger partial charge in [0, 0.05) is 48.7 Å². The number of oxime groups is 1. The molecule has 0 saturated carbocycles. The van der Waals surface area contributed by atoms with Crippen molar-refractivity contribution < 1.29 is 15.1 Å². The van der Waals surface area contributed by atoms with Gasteiger partial charge in [0.25, 0.3) is 11.4 Å². The summed E-state index contributed by atoms with van der Waals surface area (Å²) in [6.45, 7) is 1.92. The highest BCUT2D eigenvalue weighted by molar-refractivity contribution is 5.88. The number of nitrogens with one attached hydrogen (secondary N) is 1. The van der Waals surface area contributed by atoms with E-state index in [1.165, 1.54) is 24.3 Å². The predicted molar refractivity (Wildman–Crippen MR) is 105 cm³/mol. The predicted octanol–water partition coefficient (Wildman–Crippen LogP) is 4.17. The number of rotatable bonds is 4. The van der Waals surface area contributed by atoms with Crippen molar-refractivity contribution in [3.05, 3.63) is 79.9 Å². The van der Waals surface area contributed by atoms with Gasteiger partial charge in [-0.15, -0.1) is 12.4 Å². The molecule has 28 heavy (non-hydrogen) atoms. The minimum Gasteiger partial charge on any atom is -0.411 e. The molecule has 1 saturated heterocycles. The van der Waals surface area contributed by atoms with Crippen LogP contribution in [0, 0.1) is 26.1 Å². The van der Waals surface area contributed by atoms with Gasteiger partial charge in [0.05, 0.1) is 15.6 Å². The van der Waals surface area contributed by atoms with Crippen LogP contribution < -0.4 is 5.32 Å². The van der Waals surface area contributed by atoms with E-state index in [0.717, 1.165) is 11.1 Å². The third kappa shape index (κ3) is 4.26. The minimum atomic E-state index is -0.458. The SMILES string of the molecule is CC1/C(=N\O)CC(c2ccc([N+](=O)[O-])cc2)NC1c1ccc([N+](=O)[O-])cc1.Cl. The lowest BCUT2D eigenvalue weighted by Gasteiger charge is -2.37. The number of non-ortho nitro benzene ring substituents is 2. The summed E-state index contributed by atoms with van der Waals surface area (Å²) >= 11 is 0. The van der Waals surface area contributed by atoms with E-state index >= 15 is 0 Å². The fourth-order valence-electron chi connectivity index (χ4n) is 3.37. The maximum absolute atomic E-state index is 10.9. The molecular formula is C18H19ClN4O5. The molecule has 148 valence electrons. The lowest BCUT2D eigenvalue weighted by Crippen LogP contribution is -2.41. The van der Waals surface area contributed by atoms with E-state index in [1.54, 1.807) is 24.3 Å². The second-order valence-corrected chi connectivity index (χ2v) is 6.48. The van der Waals surface area contributed by atoms with Crippen molar-refractivity contribution in [2.24, 2.45) is 11.1 Å². The molecule has 2 aromatic rings. The van der Waals surface area contributed by atoms with Crippen molar-refractivity contribution in [1.29, 1.82) is 0 Å². The third-order valence-electron chi connectivity index (χ3n) is 4.92. The summed E-state index contributed by atoms with van der Waals surface area (Å²) in [6.07, 6.45) is 0.457. The van der Waals surface area contributed by atoms with E-state index in [2.05, 4.69) is 10.5 Å². The van der Waals surface area contributed by atoms with Crippen molar-refractivity contribution in [2.45, 2.75) is 25.4 Å². The van der Waals surface area contributed by atoms with Crippen LogP contribution in [0.3, 0.4) is 0 Å². The van der Waals surface area contributed by atoms with Gasteiger partial charge in [-0.3, -0.25) is 20.2 Å². The Labute approximate surface area is 166 Å². The molecule has 0 radical (unpaired) electrons. The minimum absolute atomic E-state index is 0. The molecule has 3 unspecified atom stereocenters. The Hall–Kier alpha value is -3.04. The van der Waals surface area contributed by atoms with Crippen LogP contribution in [0.15, 0.2) is 53.7 Å². The molecule has 0 aliphatic carbocycles. The van der Waals surface area contributed by atoms with Crippen molar-refractivity contribution in [1.82, 2.24) is 5.32 Å². The Morgan fingerprint density at radius 1 is 0.964 bits per heavy atom. The number of halogens is 1. The lowest BCUT2D eigenvalue weighted by molar-refractivity contribution is -0.385. The number of nitro benzene ring substituents is 2. The van der Waals surface area contributed by atoms with E-state index in [4.69, 9.17) is 0 Å². The van der Waals surface area contributed by atoms with Gasteiger partial charge in [-0.2, -0.15) is 0 Å². The summed E-state index contributed by atoms with van der Waals surface area (Å²) in [5, 5.41) is 38.0. The Balaban J connectivity index is 0.00000280. The molecule has 1 aliphatic heterocycles. The largest absolute Gasteiger partial charge is 0.411 e. The molecule has 10 heteroatoms. The molecule has 0 bridgehead atoms. The van der Waals surface area contributed by atoms with Crippen molar-refractivity contribution in [2.75, 3.05) is 0 Å². The number of nitrogens with zero attached hydrogens (tertiary/aromatic N) is 3. The van der Waals surface area contributed by atoms with E-state index in [0.29, 0.717) is 12.1 Å². The molecule has 1 heterocycles. The molecule has 2 N–H and O–H groups in total. The topological polar surface area (TPSA) is 131 Å². The fraction of sp³-hybridized carbons (Fsp3) is 0.278. The molecule has 9 nitrogen and oxygen atoms in total. The summed E-state index contributed by atoms with van der Waals surface area (Å²) < 4.78 is 0. The molecule has 0 aromatic heterocycles. The molecule has 1 fully saturated rings. The number of nitro groups is 2. The van der Waals surface area contributed by atoms with Gasteiger partial charge in [-0.05, 0) is 11.1 Å². The monoisotopic (exact) mass is 406 g/mol. The number of hydrogen-bond acceptors (Lipinski definition) is 7. The number of hydrogen-bond donors (Lipinski definition) is 2. The Morgan fingerprint density at radius 3 is 1.86 bits per heavy atom. The van der Waals surface area contributed by atoms with Gasteiger partial charge >= 0.3 is 0 Å². The van der Waals surface area contributed by atoms with Crippen LogP contribution >= 0.6 is 12.4 Å². The van der Waals surface area contributed by atoms with Gasteiger partial charge in [0.2, 0.25) is 0 Å².